The van der Waals surface area contributed by atoms with E-state index in [0.717, 1.165) is 32.4 Å². The van der Waals surface area contributed by atoms with Crippen molar-refractivity contribution in [3.05, 3.63) is 65.0 Å². The highest BCUT2D eigenvalue weighted by Crippen LogP contribution is 2.32. The monoisotopic (exact) mass is 247 g/mol. The molecule has 3 aromatic carbocycles. The molecule has 0 saturated heterocycles. The standard InChI is InChI=1S/C16H9NO2/c18-15-9-14-12-7-2-1-5-10(12)11-6-3-4-8-13(11)16(14)17-19-15/h1-9H. The summed E-state index contributed by atoms with van der Waals surface area (Å²) in [5, 5.41) is 9.08. The second-order valence-corrected chi connectivity index (χ2v) is 4.50. The van der Waals surface area contributed by atoms with Gasteiger partial charge in [-0.05, 0) is 16.2 Å². The van der Waals surface area contributed by atoms with Crippen molar-refractivity contribution in [2.75, 3.05) is 0 Å². The van der Waals surface area contributed by atoms with Crippen LogP contribution in [0, 0.1) is 0 Å². The maximum Gasteiger partial charge on any atom is 0.359 e. The van der Waals surface area contributed by atoms with Crippen molar-refractivity contribution in [3.63, 3.8) is 0 Å². The Hall–Kier alpha value is -2.68. The van der Waals surface area contributed by atoms with E-state index >= 15 is 0 Å². The number of aromatic nitrogens is 1. The van der Waals surface area contributed by atoms with Crippen LogP contribution >= 0.6 is 0 Å². The first kappa shape index (κ1) is 10.3. The Morgan fingerprint density at radius 3 is 1.95 bits per heavy atom. The van der Waals surface area contributed by atoms with Crippen LogP contribution in [-0.4, -0.2) is 5.16 Å². The summed E-state index contributed by atoms with van der Waals surface area (Å²) in [5.41, 5.74) is 0.307. The Morgan fingerprint density at radius 1 is 0.737 bits per heavy atom. The number of hydrogen-bond acceptors (Lipinski definition) is 3. The highest BCUT2D eigenvalue weighted by molar-refractivity contribution is 6.23. The highest BCUT2D eigenvalue weighted by atomic mass is 16.5. The molecule has 0 aliphatic rings. The molecule has 0 saturated carbocycles. The van der Waals surface area contributed by atoms with Gasteiger partial charge in [0.2, 0.25) is 0 Å². The molecule has 0 radical (unpaired) electrons. The predicted octanol–water partition coefficient (Wildman–Crippen LogP) is 3.49. The third kappa shape index (κ3) is 1.38. The highest BCUT2D eigenvalue weighted by Gasteiger charge is 2.09. The molecule has 0 amide bonds. The average Bonchev–Trinajstić information content (AvgIpc) is 2.47. The average molecular weight is 247 g/mol. The van der Waals surface area contributed by atoms with Crippen molar-refractivity contribution in [1.82, 2.24) is 5.16 Å². The van der Waals surface area contributed by atoms with E-state index < -0.39 is 5.63 Å². The lowest BCUT2D eigenvalue weighted by molar-refractivity contribution is 0.383. The second kappa shape index (κ2) is 3.65. The summed E-state index contributed by atoms with van der Waals surface area (Å²) in [4.78, 5) is 11.4. The zero-order valence-electron chi connectivity index (χ0n) is 9.96. The molecule has 4 rings (SSSR count). The lowest BCUT2D eigenvalue weighted by Crippen LogP contribution is -1.98. The third-order valence-electron chi connectivity index (χ3n) is 3.43. The number of fused-ring (bicyclic) bond motifs is 6. The first-order valence-corrected chi connectivity index (χ1v) is 6.05. The summed E-state index contributed by atoms with van der Waals surface area (Å²) in [6.07, 6.45) is 0. The number of benzene rings is 3. The van der Waals surface area contributed by atoms with Gasteiger partial charge in [0.05, 0.1) is 0 Å². The number of nitrogens with zero attached hydrogens (tertiary/aromatic N) is 1. The van der Waals surface area contributed by atoms with Gasteiger partial charge in [-0.25, -0.2) is 4.79 Å². The fraction of sp³-hybridized carbons (Fsp3) is 0. The molecule has 0 atom stereocenters. The summed E-state index contributed by atoms with van der Waals surface area (Å²) in [6, 6.07) is 17.6. The van der Waals surface area contributed by atoms with E-state index in [1.165, 1.54) is 6.07 Å². The van der Waals surface area contributed by atoms with Gasteiger partial charge in [-0.1, -0.05) is 53.7 Å². The van der Waals surface area contributed by atoms with E-state index in [1.54, 1.807) is 0 Å². The quantitative estimate of drug-likeness (QED) is 0.447. The molecule has 90 valence electrons. The maximum atomic E-state index is 11.4. The van der Waals surface area contributed by atoms with Gasteiger partial charge < -0.3 is 4.52 Å². The van der Waals surface area contributed by atoms with Gasteiger partial charge in [0.25, 0.3) is 0 Å². The molecule has 1 aromatic heterocycles. The van der Waals surface area contributed by atoms with Crippen LogP contribution in [0.1, 0.15) is 0 Å². The van der Waals surface area contributed by atoms with Gasteiger partial charge in [-0.2, -0.15) is 0 Å². The molecule has 19 heavy (non-hydrogen) atoms. The van der Waals surface area contributed by atoms with E-state index in [0.29, 0.717) is 0 Å². The second-order valence-electron chi connectivity index (χ2n) is 4.50. The van der Waals surface area contributed by atoms with Crippen LogP contribution in [0.3, 0.4) is 0 Å². The van der Waals surface area contributed by atoms with Crippen molar-refractivity contribution in [2.24, 2.45) is 0 Å². The van der Waals surface area contributed by atoms with E-state index in [2.05, 4.69) is 17.3 Å². The van der Waals surface area contributed by atoms with E-state index in [9.17, 15) is 4.79 Å². The minimum atomic E-state index is -0.423. The molecule has 0 unspecified atom stereocenters. The molecular formula is C16H9NO2. The van der Waals surface area contributed by atoms with Crippen molar-refractivity contribution in [2.45, 2.75) is 0 Å². The summed E-state index contributed by atoms with van der Waals surface area (Å²) in [5.74, 6) is 0. The molecule has 0 spiro atoms. The third-order valence-corrected chi connectivity index (χ3v) is 3.43. The van der Waals surface area contributed by atoms with Gasteiger partial charge in [0.1, 0.15) is 5.52 Å². The van der Waals surface area contributed by atoms with Gasteiger partial charge in [0.15, 0.2) is 0 Å². The van der Waals surface area contributed by atoms with Gasteiger partial charge in [-0.3, -0.25) is 0 Å². The predicted molar refractivity (Wildman–Crippen MR) is 75.3 cm³/mol. The van der Waals surface area contributed by atoms with Crippen LogP contribution in [0.25, 0.3) is 32.4 Å². The van der Waals surface area contributed by atoms with Crippen molar-refractivity contribution in [3.8, 4) is 0 Å². The number of hydrogen-bond donors (Lipinski definition) is 0. The Kier molecular flexibility index (Phi) is 1.97. The molecule has 0 fully saturated rings. The van der Waals surface area contributed by atoms with Crippen LogP contribution in [0.2, 0.25) is 0 Å². The SMILES string of the molecule is O=c1cc2c3ccccc3c3ccccc3c2no1. The molecular weight excluding hydrogens is 238 g/mol. The van der Waals surface area contributed by atoms with Gasteiger partial charge in [0, 0.05) is 16.8 Å². The largest absolute Gasteiger partial charge is 0.359 e. The Morgan fingerprint density at radius 2 is 1.26 bits per heavy atom. The lowest BCUT2D eigenvalue weighted by Gasteiger charge is -2.07. The normalized spacial score (nSPS) is 11.4. The van der Waals surface area contributed by atoms with Gasteiger partial charge >= 0.3 is 5.63 Å². The Labute approximate surface area is 108 Å². The van der Waals surface area contributed by atoms with E-state index in [4.69, 9.17) is 4.52 Å². The minimum Gasteiger partial charge on any atom is -0.313 e. The fourth-order valence-electron chi connectivity index (χ4n) is 2.63. The molecule has 0 N–H and O–H groups in total. The van der Waals surface area contributed by atoms with Crippen molar-refractivity contribution < 1.29 is 4.52 Å². The zero-order chi connectivity index (χ0) is 12.8. The molecule has 3 nitrogen and oxygen atoms in total. The fourth-order valence-corrected chi connectivity index (χ4v) is 2.63. The first-order chi connectivity index (χ1) is 9.34. The smallest absolute Gasteiger partial charge is 0.313 e. The van der Waals surface area contributed by atoms with Gasteiger partial charge in [-0.15, -0.1) is 0 Å². The van der Waals surface area contributed by atoms with Crippen LogP contribution in [0.4, 0.5) is 0 Å². The van der Waals surface area contributed by atoms with Crippen LogP contribution in [0.15, 0.2) is 63.9 Å². The first-order valence-electron chi connectivity index (χ1n) is 6.05. The van der Waals surface area contributed by atoms with E-state index in [1.807, 2.05) is 36.4 Å². The topological polar surface area (TPSA) is 43.1 Å². The Bertz CT molecular complexity index is 951. The summed E-state index contributed by atoms with van der Waals surface area (Å²) >= 11 is 0. The lowest BCUT2D eigenvalue weighted by atomic mass is 9.98. The zero-order valence-corrected chi connectivity index (χ0v) is 9.96. The van der Waals surface area contributed by atoms with Crippen LogP contribution < -0.4 is 5.63 Å². The van der Waals surface area contributed by atoms with E-state index in [-0.39, 0.29) is 0 Å². The van der Waals surface area contributed by atoms with Crippen LogP contribution in [-0.2, 0) is 0 Å². The molecule has 4 aromatic rings. The molecule has 1 heterocycles. The van der Waals surface area contributed by atoms with Crippen molar-refractivity contribution >= 4 is 32.4 Å². The molecule has 0 aliphatic heterocycles. The molecule has 3 heteroatoms. The van der Waals surface area contributed by atoms with Crippen LogP contribution in [0.5, 0.6) is 0 Å². The minimum absolute atomic E-state index is 0.423. The van der Waals surface area contributed by atoms with Crippen molar-refractivity contribution in [1.29, 1.82) is 0 Å². The molecule has 0 aliphatic carbocycles. The summed E-state index contributed by atoms with van der Waals surface area (Å²) in [6.45, 7) is 0. The number of rotatable bonds is 0. The Balaban J connectivity index is 2.47. The summed E-state index contributed by atoms with van der Waals surface area (Å²) < 4.78 is 4.79. The molecule has 0 bridgehead atoms. The maximum absolute atomic E-state index is 11.4. The summed E-state index contributed by atoms with van der Waals surface area (Å²) in [7, 11) is 0.